The third kappa shape index (κ3) is 4.08. The van der Waals surface area contributed by atoms with E-state index in [9.17, 15) is 9.59 Å². The number of para-hydroxylation sites is 1. The van der Waals surface area contributed by atoms with Gasteiger partial charge in [-0.15, -0.1) is 0 Å². The molecule has 1 aromatic rings. The van der Waals surface area contributed by atoms with E-state index in [4.69, 9.17) is 4.74 Å². The molecule has 0 saturated heterocycles. The molecule has 0 aromatic heterocycles. The first-order valence-corrected chi connectivity index (χ1v) is 5.95. The highest BCUT2D eigenvalue weighted by Crippen LogP contribution is 2.14. The van der Waals surface area contributed by atoms with Crippen LogP contribution in [0.2, 0.25) is 0 Å². The molecule has 5 nitrogen and oxygen atoms in total. The van der Waals surface area contributed by atoms with Crippen molar-refractivity contribution in [1.82, 2.24) is 5.32 Å². The number of amides is 1. The third-order valence-corrected chi connectivity index (χ3v) is 2.24. The summed E-state index contributed by atoms with van der Waals surface area (Å²) in [6.07, 6.45) is 0. The van der Waals surface area contributed by atoms with Crippen molar-refractivity contribution < 1.29 is 14.3 Å². The highest BCUT2D eigenvalue weighted by molar-refractivity contribution is 6.00. The van der Waals surface area contributed by atoms with Gasteiger partial charge in [-0.25, -0.2) is 0 Å². The molecule has 18 heavy (non-hydrogen) atoms. The smallest absolute Gasteiger partial charge is 0.325 e. The van der Waals surface area contributed by atoms with Gasteiger partial charge < -0.3 is 15.4 Å². The Morgan fingerprint density at radius 1 is 1.22 bits per heavy atom. The minimum absolute atomic E-state index is 0.118. The summed E-state index contributed by atoms with van der Waals surface area (Å²) in [6, 6.07) is 7.15. The number of hydrogen-bond acceptors (Lipinski definition) is 4. The number of nitrogens with one attached hydrogen (secondary N) is 2. The van der Waals surface area contributed by atoms with E-state index < -0.39 is 5.97 Å². The lowest BCUT2D eigenvalue weighted by Gasteiger charge is -2.10. The van der Waals surface area contributed by atoms with Crippen molar-refractivity contribution in [1.29, 1.82) is 0 Å². The van der Waals surface area contributed by atoms with E-state index in [-0.39, 0.29) is 12.5 Å². The molecular formula is C13H18N2O3. The van der Waals surface area contributed by atoms with Gasteiger partial charge in [0.05, 0.1) is 12.2 Å². The van der Waals surface area contributed by atoms with Crippen molar-refractivity contribution in [2.45, 2.75) is 13.8 Å². The van der Waals surface area contributed by atoms with E-state index in [0.29, 0.717) is 12.2 Å². The van der Waals surface area contributed by atoms with Crippen LogP contribution in [-0.2, 0) is 9.53 Å². The number of rotatable bonds is 6. The SMILES string of the molecule is CCNc1ccccc1C(=O)NCC(=O)OCC. The molecule has 0 aliphatic carbocycles. The molecule has 0 heterocycles. The van der Waals surface area contributed by atoms with Gasteiger partial charge in [-0.05, 0) is 26.0 Å². The van der Waals surface area contributed by atoms with Crippen LogP contribution in [0.15, 0.2) is 24.3 Å². The predicted molar refractivity (Wildman–Crippen MR) is 69.6 cm³/mol. The number of carbonyl (C=O) groups is 2. The molecule has 2 N–H and O–H groups in total. The van der Waals surface area contributed by atoms with Crippen LogP contribution in [-0.4, -0.2) is 31.6 Å². The largest absolute Gasteiger partial charge is 0.465 e. The Morgan fingerprint density at radius 2 is 1.94 bits per heavy atom. The monoisotopic (exact) mass is 250 g/mol. The molecule has 1 rings (SSSR count). The summed E-state index contributed by atoms with van der Waals surface area (Å²) < 4.78 is 4.74. The van der Waals surface area contributed by atoms with Crippen LogP contribution in [0.3, 0.4) is 0 Å². The van der Waals surface area contributed by atoms with E-state index in [1.807, 2.05) is 19.1 Å². The summed E-state index contributed by atoms with van der Waals surface area (Å²) in [5.41, 5.74) is 1.27. The van der Waals surface area contributed by atoms with Crippen LogP contribution < -0.4 is 10.6 Å². The van der Waals surface area contributed by atoms with Crippen LogP contribution in [0.5, 0.6) is 0 Å². The maximum absolute atomic E-state index is 11.9. The number of benzene rings is 1. The van der Waals surface area contributed by atoms with Crippen molar-refractivity contribution in [2.24, 2.45) is 0 Å². The van der Waals surface area contributed by atoms with Crippen LogP contribution >= 0.6 is 0 Å². The van der Waals surface area contributed by atoms with Gasteiger partial charge in [-0.2, -0.15) is 0 Å². The first kappa shape index (κ1) is 14.0. The Balaban J connectivity index is 2.63. The van der Waals surface area contributed by atoms with Crippen molar-refractivity contribution in [3.05, 3.63) is 29.8 Å². The van der Waals surface area contributed by atoms with Crippen LogP contribution in [0.25, 0.3) is 0 Å². The lowest BCUT2D eigenvalue weighted by Crippen LogP contribution is -2.31. The van der Waals surface area contributed by atoms with Crippen LogP contribution in [0.1, 0.15) is 24.2 Å². The fourth-order valence-corrected chi connectivity index (χ4v) is 1.49. The summed E-state index contributed by atoms with van der Waals surface area (Å²) >= 11 is 0. The Morgan fingerprint density at radius 3 is 2.61 bits per heavy atom. The van der Waals surface area contributed by atoms with E-state index in [1.54, 1.807) is 19.1 Å². The number of hydrogen-bond donors (Lipinski definition) is 2. The lowest BCUT2D eigenvalue weighted by atomic mass is 10.1. The van der Waals surface area contributed by atoms with E-state index in [1.165, 1.54) is 0 Å². The fourth-order valence-electron chi connectivity index (χ4n) is 1.49. The Kier molecular flexibility index (Phi) is 5.70. The molecule has 0 fully saturated rings. The highest BCUT2D eigenvalue weighted by atomic mass is 16.5. The van der Waals surface area contributed by atoms with Crippen molar-refractivity contribution in [3.63, 3.8) is 0 Å². The average Bonchev–Trinajstić information content (AvgIpc) is 2.37. The van der Waals surface area contributed by atoms with Gasteiger partial charge in [0, 0.05) is 12.2 Å². The molecular weight excluding hydrogens is 232 g/mol. The normalized spacial score (nSPS) is 9.67. The molecule has 0 radical (unpaired) electrons. The number of esters is 1. The van der Waals surface area contributed by atoms with Gasteiger partial charge in [-0.3, -0.25) is 9.59 Å². The molecule has 1 aromatic carbocycles. The number of ether oxygens (including phenoxy) is 1. The van der Waals surface area contributed by atoms with Gasteiger partial charge in [0.1, 0.15) is 6.54 Å². The Bertz CT molecular complexity index is 418. The zero-order valence-corrected chi connectivity index (χ0v) is 10.7. The first-order chi connectivity index (χ1) is 8.69. The van der Waals surface area contributed by atoms with Gasteiger partial charge in [-0.1, -0.05) is 12.1 Å². The maximum Gasteiger partial charge on any atom is 0.325 e. The summed E-state index contributed by atoms with van der Waals surface area (Å²) in [7, 11) is 0. The lowest BCUT2D eigenvalue weighted by molar-refractivity contribution is -0.141. The van der Waals surface area contributed by atoms with Crippen LogP contribution in [0.4, 0.5) is 5.69 Å². The van der Waals surface area contributed by atoms with E-state index in [0.717, 1.165) is 12.2 Å². The molecule has 98 valence electrons. The Hall–Kier alpha value is -2.04. The molecule has 0 bridgehead atoms. The third-order valence-electron chi connectivity index (χ3n) is 2.24. The molecule has 0 spiro atoms. The van der Waals surface area contributed by atoms with Gasteiger partial charge in [0.25, 0.3) is 5.91 Å². The zero-order chi connectivity index (χ0) is 13.4. The average molecular weight is 250 g/mol. The van der Waals surface area contributed by atoms with Gasteiger partial charge >= 0.3 is 5.97 Å². The van der Waals surface area contributed by atoms with Crippen molar-refractivity contribution in [2.75, 3.05) is 25.0 Å². The molecule has 0 unspecified atom stereocenters. The summed E-state index contributed by atoms with van der Waals surface area (Å²) in [4.78, 5) is 23.0. The second kappa shape index (κ2) is 7.32. The van der Waals surface area contributed by atoms with E-state index >= 15 is 0 Å². The second-order valence-corrected chi connectivity index (χ2v) is 3.56. The van der Waals surface area contributed by atoms with Gasteiger partial charge in [0.2, 0.25) is 0 Å². The molecule has 0 aliphatic heterocycles. The zero-order valence-electron chi connectivity index (χ0n) is 10.7. The standard InChI is InChI=1S/C13H18N2O3/c1-3-14-11-8-6-5-7-10(11)13(17)15-9-12(16)18-4-2/h5-8,14H,3-4,9H2,1-2H3,(H,15,17). The minimum atomic E-state index is -0.438. The van der Waals surface area contributed by atoms with Crippen LogP contribution in [0, 0.1) is 0 Å². The maximum atomic E-state index is 11.9. The molecule has 5 heteroatoms. The molecule has 0 saturated carbocycles. The first-order valence-electron chi connectivity index (χ1n) is 5.95. The minimum Gasteiger partial charge on any atom is -0.465 e. The number of anilines is 1. The molecule has 0 aliphatic rings. The summed E-state index contributed by atoms with van der Waals surface area (Å²) in [5, 5.41) is 5.62. The summed E-state index contributed by atoms with van der Waals surface area (Å²) in [6.45, 7) is 4.59. The van der Waals surface area contributed by atoms with Crippen molar-refractivity contribution in [3.8, 4) is 0 Å². The van der Waals surface area contributed by atoms with Crippen molar-refractivity contribution >= 4 is 17.6 Å². The summed E-state index contributed by atoms with van der Waals surface area (Å²) in [5.74, 6) is -0.730. The Labute approximate surface area is 107 Å². The fraction of sp³-hybridized carbons (Fsp3) is 0.385. The van der Waals surface area contributed by atoms with E-state index in [2.05, 4.69) is 10.6 Å². The second-order valence-electron chi connectivity index (χ2n) is 3.56. The number of carbonyl (C=O) groups excluding carboxylic acids is 2. The molecule has 1 amide bonds. The predicted octanol–water partition coefficient (Wildman–Crippen LogP) is 1.41. The highest BCUT2D eigenvalue weighted by Gasteiger charge is 2.11. The quantitative estimate of drug-likeness (QED) is 0.749. The topological polar surface area (TPSA) is 67.4 Å². The molecule has 0 atom stereocenters. The van der Waals surface area contributed by atoms with Gasteiger partial charge in [0.15, 0.2) is 0 Å².